The predicted octanol–water partition coefficient (Wildman–Crippen LogP) is 3.76. The number of rotatable bonds is 3. The Labute approximate surface area is 171 Å². The number of para-hydroxylation sites is 1. The molecular formula is C22H18F2N4O2. The highest BCUT2D eigenvalue weighted by Crippen LogP contribution is 2.54. The van der Waals surface area contributed by atoms with Crippen molar-refractivity contribution < 1.29 is 18.4 Å². The number of nitrogens with one attached hydrogen (secondary N) is 1. The molecule has 6 nitrogen and oxygen atoms in total. The molecular weight excluding hydrogens is 390 g/mol. The normalized spacial score (nSPS) is 22.6. The molecule has 4 heterocycles. The summed E-state index contributed by atoms with van der Waals surface area (Å²) in [6, 6.07) is 13.1. The summed E-state index contributed by atoms with van der Waals surface area (Å²) < 4.78 is 27.4. The molecule has 2 aliphatic rings. The second-order valence-electron chi connectivity index (χ2n) is 7.49. The molecule has 2 aliphatic heterocycles. The summed E-state index contributed by atoms with van der Waals surface area (Å²) >= 11 is 0. The molecule has 0 aliphatic carbocycles. The Morgan fingerprint density at radius 3 is 2.77 bits per heavy atom. The zero-order chi connectivity index (χ0) is 20.9. The average Bonchev–Trinajstić information content (AvgIpc) is 3.46. The van der Waals surface area contributed by atoms with Gasteiger partial charge in [0.2, 0.25) is 5.91 Å². The van der Waals surface area contributed by atoms with Crippen molar-refractivity contribution in [1.29, 1.82) is 0 Å². The van der Waals surface area contributed by atoms with Gasteiger partial charge in [-0.3, -0.25) is 19.1 Å². The summed E-state index contributed by atoms with van der Waals surface area (Å²) in [4.78, 5) is 32.4. The van der Waals surface area contributed by atoms with Crippen LogP contribution in [0.2, 0.25) is 0 Å². The van der Waals surface area contributed by atoms with Crippen LogP contribution in [-0.4, -0.2) is 32.8 Å². The third kappa shape index (κ3) is 2.49. The smallest absolute Gasteiger partial charge is 0.319 e. The third-order valence-corrected chi connectivity index (χ3v) is 6.06. The molecule has 8 heteroatoms. The van der Waals surface area contributed by atoms with Gasteiger partial charge in [0.25, 0.3) is 5.91 Å². The quantitative estimate of drug-likeness (QED) is 0.718. The van der Waals surface area contributed by atoms with Crippen molar-refractivity contribution in [2.24, 2.45) is 0 Å². The number of likely N-dealkylation sites (tertiary alicyclic amines) is 1. The number of carbonyl (C=O) groups excluding carboxylic acids is 2. The van der Waals surface area contributed by atoms with Crippen LogP contribution in [0.15, 0.2) is 67.1 Å². The van der Waals surface area contributed by atoms with Crippen LogP contribution in [0.1, 0.15) is 40.6 Å². The number of hydrogen-bond acceptors (Lipinski definition) is 3. The summed E-state index contributed by atoms with van der Waals surface area (Å²) in [7, 11) is 0. The monoisotopic (exact) mass is 408 g/mol. The zero-order valence-corrected chi connectivity index (χ0v) is 15.8. The Morgan fingerprint density at radius 1 is 1.17 bits per heavy atom. The third-order valence-electron chi connectivity index (χ3n) is 6.06. The molecule has 0 radical (unpaired) electrons. The van der Waals surface area contributed by atoms with Crippen LogP contribution in [0.25, 0.3) is 0 Å². The van der Waals surface area contributed by atoms with Gasteiger partial charge in [0.05, 0.1) is 6.04 Å². The standard InChI is InChI=1S/C22H18F2N4O2/c23-21(24)27-11-4-8-17(27)19(29)28-12-9-22(18(28)14-5-3-10-25-13-14)15-6-1-2-7-16(15)26-20(22)30/h1-8,10-11,13,18,21H,9,12H2,(H,26,30). The number of pyridine rings is 1. The van der Waals surface area contributed by atoms with Crippen LogP contribution < -0.4 is 5.32 Å². The molecule has 1 spiro atoms. The first-order valence-electron chi connectivity index (χ1n) is 9.61. The fourth-order valence-corrected chi connectivity index (χ4v) is 4.80. The van der Waals surface area contributed by atoms with Crippen molar-refractivity contribution in [3.05, 3.63) is 83.9 Å². The molecule has 1 saturated heterocycles. The minimum Gasteiger partial charge on any atom is -0.329 e. The number of fused-ring (bicyclic) bond motifs is 2. The van der Waals surface area contributed by atoms with Crippen molar-refractivity contribution >= 4 is 17.5 Å². The topological polar surface area (TPSA) is 67.2 Å². The van der Waals surface area contributed by atoms with Crippen molar-refractivity contribution in [3.63, 3.8) is 0 Å². The van der Waals surface area contributed by atoms with Crippen molar-refractivity contribution in [3.8, 4) is 0 Å². The molecule has 0 bridgehead atoms. The molecule has 3 aromatic rings. The number of anilines is 1. The van der Waals surface area contributed by atoms with Gasteiger partial charge in [0.1, 0.15) is 11.1 Å². The fraction of sp³-hybridized carbons (Fsp3) is 0.227. The lowest BCUT2D eigenvalue weighted by Gasteiger charge is -2.34. The van der Waals surface area contributed by atoms with E-state index in [1.165, 1.54) is 23.2 Å². The molecule has 0 saturated carbocycles. The molecule has 1 fully saturated rings. The number of halogens is 2. The first-order chi connectivity index (χ1) is 14.5. The van der Waals surface area contributed by atoms with E-state index in [0.29, 0.717) is 22.2 Å². The fourth-order valence-electron chi connectivity index (χ4n) is 4.80. The summed E-state index contributed by atoms with van der Waals surface area (Å²) in [5.41, 5.74) is 1.09. The number of amides is 2. The van der Waals surface area contributed by atoms with Crippen molar-refractivity contribution in [2.45, 2.75) is 24.4 Å². The SMILES string of the molecule is O=C(c1cccn1C(F)F)N1CCC2(C(=O)Nc3ccccc32)C1c1cccnc1. The number of alkyl halides is 2. The molecule has 2 unspecified atom stereocenters. The van der Waals surface area contributed by atoms with Gasteiger partial charge < -0.3 is 10.2 Å². The van der Waals surface area contributed by atoms with Gasteiger partial charge in [-0.1, -0.05) is 24.3 Å². The Balaban J connectivity index is 1.66. The minimum absolute atomic E-state index is 0.109. The Hall–Kier alpha value is -3.55. The van der Waals surface area contributed by atoms with Crippen LogP contribution in [0.5, 0.6) is 0 Å². The van der Waals surface area contributed by atoms with E-state index >= 15 is 0 Å². The van der Waals surface area contributed by atoms with Crippen molar-refractivity contribution in [1.82, 2.24) is 14.5 Å². The lowest BCUT2D eigenvalue weighted by atomic mass is 9.73. The van der Waals surface area contributed by atoms with E-state index in [9.17, 15) is 18.4 Å². The largest absolute Gasteiger partial charge is 0.329 e. The van der Waals surface area contributed by atoms with E-state index in [2.05, 4.69) is 10.3 Å². The Morgan fingerprint density at radius 2 is 2.00 bits per heavy atom. The Kier molecular flexibility index (Phi) is 4.16. The summed E-state index contributed by atoms with van der Waals surface area (Å²) in [6.45, 7) is -2.57. The maximum Gasteiger partial charge on any atom is 0.319 e. The van der Waals surface area contributed by atoms with E-state index < -0.39 is 23.9 Å². The highest BCUT2D eigenvalue weighted by atomic mass is 19.3. The van der Waals surface area contributed by atoms with Crippen LogP contribution in [-0.2, 0) is 10.2 Å². The minimum atomic E-state index is -2.83. The van der Waals surface area contributed by atoms with E-state index in [1.807, 2.05) is 30.3 Å². The summed E-state index contributed by atoms with van der Waals surface area (Å²) in [5.74, 6) is -0.736. The van der Waals surface area contributed by atoms with Crippen LogP contribution in [0.4, 0.5) is 14.5 Å². The van der Waals surface area contributed by atoms with Gasteiger partial charge in [0, 0.05) is 30.8 Å². The van der Waals surface area contributed by atoms with E-state index in [1.54, 1.807) is 18.5 Å². The molecule has 152 valence electrons. The maximum absolute atomic E-state index is 13.4. The van der Waals surface area contributed by atoms with Gasteiger partial charge in [-0.15, -0.1) is 0 Å². The van der Waals surface area contributed by atoms with Gasteiger partial charge >= 0.3 is 6.55 Å². The second kappa shape index (κ2) is 6.76. The maximum atomic E-state index is 13.4. The van der Waals surface area contributed by atoms with Crippen LogP contribution in [0.3, 0.4) is 0 Å². The van der Waals surface area contributed by atoms with Gasteiger partial charge in [-0.2, -0.15) is 8.78 Å². The van der Waals surface area contributed by atoms with Gasteiger partial charge in [-0.05, 0) is 41.8 Å². The number of benzene rings is 1. The number of carbonyl (C=O) groups is 2. The summed E-state index contributed by atoms with van der Waals surface area (Å²) in [6.07, 6.45) is 4.80. The number of nitrogens with zero attached hydrogens (tertiary/aromatic N) is 3. The molecule has 30 heavy (non-hydrogen) atoms. The highest BCUT2D eigenvalue weighted by molar-refractivity contribution is 6.08. The van der Waals surface area contributed by atoms with E-state index in [-0.39, 0.29) is 18.1 Å². The lowest BCUT2D eigenvalue weighted by Crippen LogP contribution is -2.43. The average molecular weight is 408 g/mol. The number of hydrogen-bond donors (Lipinski definition) is 1. The predicted molar refractivity (Wildman–Crippen MR) is 105 cm³/mol. The first kappa shape index (κ1) is 18.5. The van der Waals surface area contributed by atoms with Crippen molar-refractivity contribution in [2.75, 3.05) is 11.9 Å². The summed E-state index contributed by atoms with van der Waals surface area (Å²) in [5, 5.41) is 2.93. The van der Waals surface area contributed by atoms with Gasteiger partial charge in [0.15, 0.2) is 0 Å². The molecule has 2 amide bonds. The molecule has 2 aromatic heterocycles. The molecule has 5 rings (SSSR count). The van der Waals surface area contributed by atoms with E-state index in [0.717, 1.165) is 5.56 Å². The molecule has 1 N–H and O–H groups in total. The first-order valence-corrected chi connectivity index (χ1v) is 9.61. The lowest BCUT2D eigenvalue weighted by molar-refractivity contribution is -0.121. The van der Waals surface area contributed by atoms with Gasteiger partial charge in [-0.25, -0.2) is 0 Å². The number of aromatic nitrogens is 2. The zero-order valence-electron chi connectivity index (χ0n) is 15.8. The molecule has 1 aromatic carbocycles. The van der Waals surface area contributed by atoms with Crippen LogP contribution >= 0.6 is 0 Å². The van der Waals surface area contributed by atoms with Crippen LogP contribution in [0, 0.1) is 0 Å². The molecule has 2 atom stereocenters. The second-order valence-corrected chi connectivity index (χ2v) is 7.49. The van der Waals surface area contributed by atoms with E-state index in [4.69, 9.17) is 0 Å². The Bertz CT molecular complexity index is 1130. The highest BCUT2D eigenvalue weighted by Gasteiger charge is 2.59.